The summed E-state index contributed by atoms with van der Waals surface area (Å²) in [5.74, 6) is -2.81. The fourth-order valence-corrected chi connectivity index (χ4v) is 3.92. The summed E-state index contributed by atoms with van der Waals surface area (Å²) < 4.78 is 0. The Balaban J connectivity index is 2.32. The molecular formula is C22H33N5O5S. The van der Waals surface area contributed by atoms with Gasteiger partial charge in [0.15, 0.2) is 0 Å². The summed E-state index contributed by atoms with van der Waals surface area (Å²) in [6, 6.07) is 4.21. The van der Waals surface area contributed by atoms with E-state index in [9.17, 15) is 24.3 Å². The summed E-state index contributed by atoms with van der Waals surface area (Å²) in [6.07, 6.45) is -0.326. The molecule has 0 aliphatic carbocycles. The molecule has 1 aromatic rings. The van der Waals surface area contributed by atoms with E-state index in [-0.39, 0.29) is 30.8 Å². The number of nitrogens with one attached hydrogen (secondary N) is 2. The fraction of sp³-hybridized carbons (Fsp3) is 0.545. The Morgan fingerprint density at radius 3 is 2.39 bits per heavy atom. The molecule has 0 fully saturated rings. The Morgan fingerprint density at radius 2 is 1.85 bits per heavy atom. The van der Waals surface area contributed by atoms with Crippen molar-refractivity contribution in [1.29, 1.82) is 0 Å². The Hall–Kier alpha value is -2.63. The van der Waals surface area contributed by atoms with Crippen molar-refractivity contribution in [3.63, 3.8) is 0 Å². The highest BCUT2D eigenvalue weighted by Gasteiger charge is 2.39. The lowest BCUT2D eigenvalue weighted by atomic mass is 9.91. The number of fused-ring (bicyclic) bond motifs is 1. The van der Waals surface area contributed by atoms with Gasteiger partial charge in [-0.15, -0.1) is 0 Å². The zero-order valence-electron chi connectivity index (χ0n) is 18.9. The van der Waals surface area contributed by atoms with Crippen LogP contribution in [0.1, 0.15) is 31.4 Å². The van der Waals surface area contributed by atoms with E-state index in [2.05, 4.69) is 23.3 Å². The average Bonchev–Trinajstić information content (AvgIpc) is 2.76. The Bertz CT molecular complexity index is 880. The monoisotopic (exact) mass is 479 g/mol. The number of carboxylic acids is 1. The number of aliphatic carboxylic acids is 1. The third-order valence-corrected chi connectivity index (χ3v) is 6.09. The van der Waals surface area contributed by atoms with E-state index >= 15 is 0 Å². The number of carbonyl (C=O) groups is 4. The molecule has 0 saturated heterocycles. The Kier molecular flexibility index (Phi) is 9.69. The number of rotatable bonds is 11. The lowest BCUT2D eigenvalue weighted by molar-refractivity contribution is -0.147. The van der Waals surface area contributed by atoms with Gasteiger partial charge in [-0.1, -0.05) is 38.1 Å². The maximum atomic E-state index is 13.6. The number of hydrogen-bond donors (Lipinski definition) is 6. The van der Waals surface area contributed by atoms with Crippen LogP contribution in [0.3, 0.4) is 0 Å². The lowest BCUT2D eigenvalue weighted by Crippen LogP contribution is -2.60. The summed E-state index contributed by atoms with van der Waals surface area (Å²) in [4.78, 5) is 51.0. The number of nitrogens with two attached hydrogens (primary N) is 2. The average molecular weight is 480 g/mol. The number of amides is 3. The van der Waals surface area contributed by atoms with E-state index in [0.29, 0.717) is 12.3 Å². The predicted molar refractivity (Wildman–Crippen MR) is 126 cm³/mol. The predicted octanol–water partition coefficient (Wildman–Crippen LogP) is -0.744. The third-order valence-electron chi connectivity index (χ3n) is 5.62. The van der Waals surface area contributed by atoms with Gasteiger partial charge in [-0.2, -0.15) is 12.6 Å². The van der Waals surface area contributed by atoms with Crippen LogP contribution in [0.4, 0.5) is 0 Å². The second-order valence-corrected chi connectivity index (χ2v) is 8.96. The summed E-state index contributed by atoms with van der Waals surface area (Å²) in [6.45, 7) is 4.35. The number of benzene rings is 1. The zero-order chi connectivity index (χ0) is 24.7. The van der Waals surface area contributed by atoms with Gasteiger partial charge in [-0.25, -0.2) is 4.79 Å². The minimum atomic E-state index is -1.48. The first-order valence-electron chi connectivity index (χ1n) is 10.8. The van der Waals surface area contributed by atoms with E-state index in [0.717, 1.165) is 11.1 Å². The number of nitrogens with zero attached hydrogens (tertiary/aromatic N) is 1. The van der Waals surface area contributed by atoms with Crippen LogP contribution in [-0.2, 0) is 32.1 Å². The van der Waals surface area contributed by atoms with Crippen molar-refractivity contribution in [2.45, 2.75) is 57.4 Å². The fourth-order valence-electron chi connectivity index (χ4n) is 3.79. The molecule has 3 amide bonds. The number of carbonyl (C=O) groups excluding carboxylic acids is 3. The van der Waals surface area contributed by atoms with Crippen LogP contribution in [0, 0.1) is 5.92 Å². The maximum Gasteiger partial charge on any atom is 0.326 e. The van der Waals surface area contributed by atoms with Crippen LogP contribution < -0.4 is 22.1 Å². The van der Waals surface area contributed by atoms with Gasteiger partial charge in [-0.05, 0) is 17.0 Å². The second kappa shape index (κ2) is 12.0. The molecule has 0 spiro atoms. The van der Waals surface area contributed by atoms with Gasteiger partial charge in [0.1, 0.15) is 12.1 Å². The first-order chi connectivity index (χ1) is 15.5. The lowest BCUT2D eigenvalue weighted by Gasteiger charge is -2.39. The Morgan fingerprint density at radius 1 is 1.21 bits per heavy atom. The minimum Gasteiger partial charge on any atom is -0.480 e. The van der Waals surface area contributed by atoms with Gasteiger partial charge in [0.2, 0.25) is 17.7 Å². The van der Waals surface area contributed by atoms with Crippen molar-refractivity contribution in [2.75, 3.05) is 12.3 Å². The SMILES string of the molecule is CC(C)[C@H](NC[C@@H](N)CS)C(=O)N1Cc2ccccc2C[C@H]1C(=O)N[C@H](CC(N)=O)C(=O)O. The smallest absolute Gasteiger partial charge is 0.326 e. The van der Waals surface area contributed by atoms with Crippen LogP contribution in [0.15, 0.2) is 24.3 Å². The molecule has 4 atom stereocenters. The number of carboxylic acid groups (broad SMARTS) is 1. The molecule has 182 valence electrons. The quantitative estimate of drug-likeness (QED) is 0.227. The van der Waals surface area contributed by atoms with E-state index in [1.165, 1.54) is 4.90 Å². The van der Waals surface area contributed by atoms with Crippen molar-refractivity contribution in [2.24, 2.45) is 17.4 Å². The molecular weight excluding hydrogens is 446 g/mol. The summed E-state index contributed by atoms with van der Waals surface area (Å²) in [5.41, 5.74) is 12.9. The van der Waals surface area contributed by atoms with Crippen molar-refractivity contribution in [3.05, 3.63) is 35.4 Å². The van der Waals surface area contributed by atoms with Crippen LogP contribution in [0.25, 0.3) is 0 Å². The molecule has 0 radical (unpaired) electrons. The van der Waals surface area contributed by atoms with E-state index in [4.69, 9.17) is 11.5 Å². The van der Waals surface area contributed by atoms with E-state index in [1.807, 2.05) is 38.1 Å². The molecule has 0 unspecified atom stereocenters. The van der Waals surface area contributed by atoms with Gasteiger partial charge < -0.3 is 32.1 Å². The largest absolute Gasteiger partial charge is 0.480 e. The normalized spacial score (nSPS) is 18.2. The molecule has 33 heavy (non-hydrogen) atoms. The van der Waals surface area contributed by atoms with Crippen LogP contribution in [0.5, 0.6) is 0 Å². The van der Waals surface area contributed by atoms with Gasteiger partial charge in [0.05, 0.1) is 12.5 Å². The van der Waals surface area contributed by atoms with Gasteiger partial charge >= 0.3 is 5.97 Å². The molecule has 1 heterocycles. The molecule has 0 saturated carbocycles. The highest BCUT2D eigenvalue weighted by molar-refractivity contribution is 7.80. The molecule has 7 N–H and O–H groups in total. The first kappa shape index (κ1) is 26.6. The molecule has 1 aliphatic heterocycles. The molecule has 1 aromatic carbocycles. The first-order valence-corrected chi connectivity index (χ1v) is 11.5. The van der Waals surface area contributed by atoms with Gasteiger partial charge in [0, 0.05) is 31.3 Å². The van der Waals surface area contributed by atoms with Crippen LogP contribution in [-0.4, -0.2) is 70.2 Å². The molecule has 10 nitrogen and oxygen atoms in total. The van der Waals surface area contributed by atoms with Crippen molar-refractivity contribution < 1.29 is 24.3 Å². The van der Waals surface area contributed by atoms with Crippen molar-refractivity contribution in [3.8, 4) is 0 Å². The summed E-state index contributed by atoms with van der Waals surface area (Å²) >= 11 is 4.17. The topological polar surface area (TPSA) is 168 Å². The molecule has 0 bridgehead atoms. The Labute approximate surface area is 198 Å². The molecule has 0 aromatic heterocycles. The van der Waals surface area contributed by atoms with Gasteiger partial charge in [-0.3, -0.25) is 14.4 Å². The molecule has 2 rings (SSSR count). The van der Waals surface area contributed by atoms with Crippen molar-refractivity contribution in [1.82, 2.24) is 15.5 Å². The minimum absolute atomic E-state index is 0.0906. The standard InChI is InChI=1S/C22H33N5O5S/c1-12(2)19(25-9-15(23)11-33)21(30)27-10-14-6-4-3-5-13(14)7-17(27)20(29)26-16(22(31)32)8-18(24)28/h3-6,12,15-17,19,25,33H,7-11,23H2,1-2H3,(H2,24,28)(H,26,29)(H,31,32)/t15-,16-,17+,19+/m1/s1. The van der Waals surface area contributed by atoms with Crippen molar-refractivity contribution >= 4 is 36.3 Å². The molecule has 1 aliphatic rings. The van der Waals surface area contributed by atoms with E-state index < -0.39 is 42.3 Å². The second-order valence-electron chi connectivity index (χ2n) is 8.60. The highest BCUT2D eigenvalue weighted by Crippen LogP contribution is 2.25. The molecule has 11 heteroatoms. The van der Waals surface area contributed by atoms with E-state index in [1.54, 1.807) is 0 Å². The number of hydrogen-bond acceptors (Lipinski definition) is 7. The third kappa shape index (κ3) is 7.18. The van der Waals surface area contributed by atoms with Gasteiger partial charge in [0.25, 0.3) is 0 Å². The number of thiol groups is 1. The highest BCUT2D eigenvalue weighted by atomic mass is 32.1. The van der Waals surface area contributed by atoms with Crippen LogP contribution in [0.2, 0.25) is 0 Å². The number of primary amides is 1. The summed E-state index contributed by atoms with van der Waals surface area (Å²) in [7, 11) is 0. The van der Waals surface area contributed by atoms with Crippen LogP contribution >= 0.6 is 12.6 Å². The maximum absolute atomic E-state index is 13.6. The summed E-state index contributed by atoms with van der Waals surface area (Å²) in [5, 5.41) is 14.9. The zero-order valence-corrected chi connectivity index (χ0v) is 19.8.